The van der Waals surface area contributed by atoms with E-state index in [0.717, 1.165) is 4.90 Å². The summed E-state index contributed by atoms with van der Waals surface area (Å²) in [6.07, 6.45) is 1.41. The number of nitrogens with one attached hydrogen (secondary N) is 1. The summed E-state index contributed by atoms with van der Waals surface area (Å²) in [6.45, 7) is 1.75. The smallest absolute Gasteiger partial charge is 0.188 e. The minimum absolute atomic E-state index is 0.292. The zero-order valence-corrected chi connectivity index (χ0v) is 9.46. The lowest BCUT2D eigenvalue weighted by Crippen LogP contribution is -2.09. The van der Waals surface area contributed by atoms with Gasteiger partial charge in [0.1, 0.15) is 12.1 Å². The number of nitrogens with two attached hydrogens (primary N) is 1. The first-order valence-corrected chi connectivity index (χ1v) is 5.57. The number of hydrogen-bond donors (Lipinski definition) is 2. The van der Waals surface area contributed by atoms with Gasteiger partial charge in [-0.1, -0.05) is 6.07 Å². The molecule has 2 aromatic rings. The van der Waals surface area contributed by atoms with Crippen molar-refractivity contribution in [1.82, 2.24) is 15.2 Å². The van der Waals surface area contributed by atoms with Crippen LogP contribution >= 0.6 is 11.8 Å². The second kappa shape index (κ2) is 4.63. The summed E-state index contributed by atoms with van der Waals surface area (Å²) >= 11 is 1.31. The van der Waals surface area contributed by atoms with Crippen molar-refractivity contribution in [2.45, 2.75) is 23.0 Å². The Hall–Kier alpha value is -1.40. The number of H-pyrrole nitrogens is 1. The molecule has 0 unspecified atom stereocenters. The van der Waals surface area contributed by atoms with Crippen LogP contribution < -0.4 is 5.73 Å². The van der Waals surface area contributed by atoms with Crippen LogP contribution in [0.3, 0.4) is 0 Å². The predicted molar refractivity (Wildman–Crippen MR) is 59.5 cm³/mol. The van der Waals surface area contributed by atoms with Crippen LogP contribution in [0.25, 0.3) is 0 Å². The Labute approximate surface area is 96.5 Å². The second-order valence-electron chi connectivity index (χ2n) is 3.33. The van der Waals surface area contributed by atoms with Gasteiger partial charge in [0.15, 0.2) is 5.16 Å². The van der Waals surface area contributed by atoms with Gasteiger partial charge < -0.3 is 5.73 Å². The highest BCUT2D eigenvalue weighted by Gasteiger charge is 2.14. The van der Waals surface area contributed by atoms with Crippen molar-refractivity contribution in [3.05, 3.63) is 35.9 Å². The molecular weight excluding hydrogens is 227 g/mol. The molecule has 0 aliphatic heterocycles. The van der Waals surface area contributed by atoms with E-state index < -0.39 is 0 Å². The van der Waals surface area contributed by atoms with E-state index in [-0.39, 0.29) is 11.9 Å². The van der Waals surface area contributed by atoms with Crippen molar-refractivity contribution in [3.8, 4) is 0 Å². The van der Waals surface area contributed by atoms with Crippen molar-refractivity contribution in [1.29, 1.82) is 0 Å². The van der Waals surface area contributed by atoms with Gasteiger partial charge in [-0.2, -0.15) is 5.10 Å². The maximum absolute atomic E-state index is 13.6. The van der Waals surface area contributed by atoms with E-state index >= 15 is 0 Å². The van der Waals surface area contributed by atoms with E-state index in [2.05, 4.69) is 15.2 Å². The molecule has 0 saturated carbocycles. The van der Waals surface area contributed by atoms with Crippen molar-refractivity contribution < 1.29 is 4.39 Å². The average molecular weight is 238 g/mol. The number of halogens is 1. The van der Waals surface area contributed by atoms with Gasteiger partial charge in [-0.3, -0.25) is 5.10 Å². The van der Waals surface area contributed by atoms with Gasteiger partial charge >= 0.3 is 0 Å². The van der Waals surface area contributed by atoms with Crippen LogP contribution in [-0.2, 0) is 0 Å². The molecule has 0 radical (unpaired) electrons. The monoisotopic (exact) mass is 238 g/mol. The van der Waals surface area contributed by atoms with Gasteiger partial charge in [-0.25, -0.2) is 9.37 Å². The van der Waals surface area contributed by atoms with Crippen LogP contribution in [0.4, 0.5) is 4.39 Å². The molecule has 2 rings (SSSR count). The molecule has 0 bridgehead atoms. The second-order valence-corrected chi connectivity index (χ2v) is 4.36. The third kappa shape index (κ3) is 2.23. The molecule has 1 heterocycles. The van der Waals surface area contributed by atoms with Gasteiger partial charge in [0, 0.05) is 16.5 Å². The van der Waals surface area contributed by atoms with Crippen LogP contribution in [0, 0.1) is 5.82 Å². The lowest BCUT2D eigenvalue weighted by atomic mass is 10.1. The highest BCUT2D eigenvalue weighted by Crippen LogP contribution is 2.31. The summed E-state index contributed by atoms with van der Waals surface area (Å²) in [5.74, 6) is -0.292. The van der Waals surface area contributed by atoms with E-state index in [1.165, 1.54) is 24.2 Å². The summed E-state index contributed by atoms with van der Waals surface area (Å²) in [4.78, 5) is 4.73. The molecule has 0 aliphatic rings. The standard InChI is InChI=1S/C10H11FN4S/c1-6(12)9-7(11)3-2-4-8(9)16-10-13-5-14-15-10/h2-6H,12H2,1H3,(H,13,14,15)/t6-/m1/s1. The molecular formula is C10H11FN4S. The van der Waals surface area contributed by atoms with Gasteiger partial charge in [0.25, 0.3) is 0 Å². The normalized spacial score (nSPS) is 12.7. The molecule has 1 aromatic carbocycles. The Morgan fingerprint density at radius 3 is 2.94 bits per heavy atom. The highest BCUT2D eigenvalue weighted by molar-refractivity contribution is 7.99. The molecule has 6 heteroatoms. The Morgan fingerprint density at radius 1 is 1.50 bits per heavy atom. The fraction of sp³-hybridized carbons (Fsp3) is 0.200. The quantitative estimate of drug-likeness (QED) is 0.859. The fourth-order valence-electron chi connectivity index (χ4n) is 1.40. The Bertz CT molecular complexity index is 470. The highest BCUT2D eigenvalue weighted by atomic mass is 32.2. The summed E-state index contributed by atoms with van der Waals surface area (Å²) in [5, 5.41) is 7.06. The number of aromatic nitrogens is 3. The zero-order valence-electron chi connectivity index (χ0n) is 8.64. The van der Waals surface area contributed by atoms with Crippen molar-refractivity contribution >= 4 is 11.8 Å². The first-order valence-electron chi connectivity index (χ1n) is 4.75. The number of aromatic amines is 1. The molecule has 0 spiro atoms. The number of hydrogen-bond acceptors (Lipinski definition) is 4. The maximum Gasteiger partial charge on any atom is 0.188 e. The summed E-state index contributed by atoms with van der Waals surface area (Å²) in [6, 6.07) is 4.52. The molecule has 3 N–H and O–H groups in total. The van der Waals surface area contributed by atoms with Crippen LogP contribution in [0.2, 0.25) is 0 Å². The third-order valence-corrected chi connectivity index (χ3v) is 3.03. The number of benzene rings is 1. The topological polar surface area (TPSA) is 67.6 Å². The molecule has 4 nitrogen and oxygen atoms in total. The van der Waals surface area contributed by atoms with E-state index in [4.69, 9.17) is 5.73 Å². The minimum atomic E-state index is -0.355. The molecule has 0 aliphatic carbocycles. The number of nitrogens with zero attached hydrogens (tertiary/aromatic N) is 2. The van der Waals surface area contributed by atoms with Crippen LogP contribution in [-0.4, -0.2) is 15.2 Å². The summed E-state index contributed by atoms with van der Waals surface area (Å²) in [5.41, 5.74) is 6.25. The fourth-order valence-corrected chi connectivity index (χ4v) is 2.34. The van der Waals surface area contributed by atoms with E-state index in [9.17, 15) is 4.39 Å². The summed E-state index contributed by atoms with van der Waals surface area (Å²) in [7, 11) is 0. The van der Waals surface area contributed by atoms with Crippen molar-refractivity contribution in [3.63, 3.8) is 0 Å². The number of rotatable bonds is 3. The van der Waals surface area contributed by atoms with Gasteiger partial charge in [-0.05, 0) is 30.8 Å². The first-order chi connectivity index (χ1) is 7.68. The van der Waals surface area contributed by atoms with Crippen LogP contribution in [0.15, 0.2) is 34.6 Å². The predicted octanol–water partition coefficient (Wildman–Crippen LogP) is 2.11. The molecule has 1 atom stereocenters. The van der Waals surface area contributed by atoms with Crippen molar-refractivity contribution in [2.75, 3.05) is 0 Å². The minimum Gasteiger partial charge on any atom is -0.324 e. The largest absolute Gasteiger partial charge is 0.324 e. The van der Waals surface area contributed by atoms with Gasteiger partial charge in [0.05, 0.1) is 0 Å². The van der Waals surface area contributed by atoms with E-state index in [0.29, 0.717) is 10.7 Å². The van der Waals surface area contributed by atoms with Crippen LogP contribution in [0.5, 0.6) is 0 Å². The molecule has 16 heavy (non-hydrogen) atoms. The Kier molecular flexibility index (Phi) is 3.21. The van der Waals surface area contributed by atoms with E-state index in [1.807, 2.05) is 6.07 Å². The van der Waals surface area contributed by atoms with Gasteiger partial charge in [-0.15, -0.1) is 0 Å². The molecule has 84 valence electrons. The maximum atomic E-state index is 13.6. The molecule has 0 saturated heterocycles. The average Bonchev–Trinajstić information content (AvgIpc) is 2.70. The molecule has 1 aromatic heterocycles. The Morgan fingerprint density at radius 2 is 2.31 bits per heavy atom. The summed E-state index contributed by atoms with van der Waals surface area (Å²) < 4.78 is 13.6. The lowest BCUT2D eigenvalue weighted by Gasteiger charge is -2.11. The van der Waals surface area contributed by atoms with E-state index in [1.54, 1.807) is 13.0 Å². The van der Waals surface area contributed by atoms with Crippen molar-refractivity contribution in [2.24, 2.45) is 5.73 Å². The lowest BCUT2D eigenvalue weighted by molar-refractivity contribution is 0.585. The van der Waals surface area contributed by atoms with Crippen LogP contribution in [0.1, 0.15) is 18.5 Å². The zero-order chi connectivity index (χ0) is 11.5. The Balaban J connectivity index is 2.37. The van der Waals surface area contributed by atoms with Gasteiger partial charge in [0.2, 0.25) is 0 Å². The molecule has 0 amide bonds. The first kappa shape index (κ1) is 11.1. The SMILES string of the molecule is C[C@@H](N)c1c(F)cccc1Sc1ncn[nH]1. The molecule has 0 fully saturated rings. The third-order valence-electron chi connectivity index (χ3n) is 2.07.